The van der Waals surface area contributed by atoms with Crippen LogP contribution in [0, 0.1) is 18.3 Å². The summed E-state index contributed by atoms with van der Waals surface area (Å²) in [5, 5.41) is 10.8. The van der Waals surface area contributed by atoms with Crippen LogP contribution in [0.15, 0.2) is 53.6 Å². The zero-order valence-electron chi connectivity index (χ0n) is 21.1. The highest BCUT2D eigenvalue weighted by atomic mass is 32.2. The number of hydrogen-bond acceptors (Lipinski definition) is 5. The lowest BCUT2D eigenvalue weighted by atomic mass is 9.93. The van der Waals surface area contributed by atoms with Crippen molar-refractivity contribution < 1.29 is 17.6 Å². The molecule has 8 heteroatoms. The van der Waals surface area contributed by atoms with Gasteiger partial charge in [-0.05, 0) is 42.3 Å². The third-order valence-corrected chi connectivity index (χ3v) is 10.2. The first-order valence-corrected chi connectivity index (χ1v) is 14.0. The normalized spacial score (nSPS) is 25.6. The van der Waals surface area contributed by atoms with E-state index in [4.69, 9.17) is 4.74 Å². The van der Waals surface area contributed by atoms with Gasteiger partial charge in [-0.2, -0.15) is 5.26 Å². The van der Waals surface area contributed by atoms with E-state index < -0.39 is 10.0 Å². The van der Waals surface area contributed by atoms with Crippen molar-refractivity contribution in [2.75, 3.05) is 20.7 Å². The van der Waals surface area contributed by atoms with Crippen LogP contribution in [-0.2, 0) is 16.4 Å². The number of piperidine rings is 1. The highest BCUT2D eigenvalue weighted by Crippen LogP contribution is 2.42. The van der Waals surface area contributed by atoms with Crippen LogP contribution < -0.4 is 9.46 Å². The first kappa shape index (κ1) is 24.7. The van der Waals surface area contributed by atoms with Crippen molar-refractivity contribution in [1.82, 2.24) is 9.71 Å². The van der Waals surface area contributed by atoms with Gasteiger partial charge >= 0.3 is 0 Å². The van der Waals surface area contributed by atoms with Crippen molar-refractivity contribution in [2.45, 2.75) is 62.0 Å². The number of quaternary nitrogens is 1. The minimum absolute atomic E-state index is 0.0565. The molecule has 1 aromatic heterocycles. The van der Waals surface area contributed by atoms with E-state index >= 15 is 0 Å². The molecule has 5 rings (SSSR count). The van der Waals surface area contributed by atoms with E-state index in [9.17, 15) is 13.7 Å². The molecule has 2 atom stereocenters. The summed E-state index contributed by atoms with van der Waals surface area (Å²) in [5.74, 6) is 0.753. The van der Waals surface area contributed by atoms with Crippen LogP contribution in [-0.4, -0.2) is 56.7 Å². The maximum Gasteiger partial charge on any atom is 0.241 e. The van der Waals surface area contributed by atoms with Crippen LogP contribution in [0.5, 0.6) is 5.75 Å². The quantitative estimate of drug-likeness (QED) is 0.489. The zero-order chi connectivity index (χ0) is 25.5. The molecule has 1 N–H and O–H groups in total. The number of pyridine rings is 1. The molecule has 0 spiro atoms. The predicted octanol–water partition coefficient (Wildman–Crippen LogP) is 4.08. The Kier molecular flexibility index (Phi) is 6.50. The van der Waals surface area contributed by atoms with Gasteiger partial charge in [0.25, 0.3) is 0 Å². The number of nitrogens with zero attached hydrogens (tertiary/aromatic N) is 3. The lowest BCUT2D eigenvalue weighted by molar-refractivity contribution is -0.948. The molecule has 2 aliphatic rings. The van der Waals surface area contributed by atoms with Crippen molar-refractivity contribution in [1.29, 1.82) is 5.26 Å². The number of aromatic nitrogens is 1. The van der Waals surface area contributed by atoms with Crippen LogP contribution >= 0.6 is 0 Å². The topological polar surface area (TPSA) is 92.1 Å². The molecule has 36 heavy (non-hydrogen) atoms. The number of benzene rings is 2. The van der Waals surface area contributed by atoms with Crippen LogP contribution in [0.4, 0.5) is 0 Å². The number of likely N-dealkylation sites (N-methyl/N-ethyl adjacent to an activating group) is 1. The summed E-state index contributed by atoms with van der Waals surface area (Å²) >= 11 is 0. The number of nitriles is 1. The van der Waals surface area contributed by atoms with Gasteiger partial charge in [0.1, 0.15) is 11.8 Å². The van der Waals surface area contributed by atoms with Crippen molar-refractivity contribution in [3.63, 3.8) is 0 Å². The Labute approximate surface area is 213 Å². The minimum Gasteiger partial charge on any atom is -0.497 e. The van der Waals surface area contributed by atoms with E-state index in [0.29, 0.717) is 22.5 Å². The lowest BCUT2D eigenvalue weighted by Crippen LogP contribution is -2.61. The summed E-state index contributed by atoms with van der Waals surface area (Å²) in [5.41, 5.74) is 3.25. The van der Waals surface area contributed by atoms with Crippen LogP contribution in [0.25, 0.3) is 10.9 Å². The molecule has 188 valence electrons. The van der Waals surface area contributed by atoms with Gasteiger partial charge in [0, 0.05) is 49.7 Å². The van der Waals surface area contributed by atoms with Crippen molar-refractivity contribution in [3.05, 3.63) is 65.4 Å². The molecule has 2 saturated heterocycles. The second kappa shape index (κ2) is 9.47. The first-order chi connectivity index (χ1) is 17.2. The van der Waals surface area contributed by atoms with Gasteiger partial charge in [0.2, 0.25) is 10.0 Å². The minimum atomic E-state index is -3.55. The molecule has 3 heterocycles. The molecule has 2 unspecified atom stereocenters. The van der Waals surface area contributed by atoms with E-state index in [1.54, 1.807) is 25.4 Å². The summed E-state index contributed by atoms with van der Waals surface area (Å²) in [4.78, 5) is 4.83. The summed E-state index contributed by atoms with van der Waals surface area (Å²) < 4.78 is 35.6. The molecule has 2 bridgehead atoms. The number of nitrogens with one attached hydrogen (secondary N) is 1. The molecule has 7 nitrogen and oxygen atoms in total. The lowest BCUT2D eigenvalue weighted by Gasteiger charge is -2.47. The zero-order valence-corrected chi connectivity index (χ0v) is 21.9. The third kappa shape index (κ3) is 4.36. The monoisotopic (exact) mass is 505 g/mol. The average Bonchev–Trinajstić information content (AvgIpc) is 3.02. The second-order valence-electron chi connectivity index (χ2n) is 10.4. The van der Waals surface area contributed by atoms with Gasteiger partial charge in [-0.15, -0.1) is 0 Å². The van der Waals surface area contributed by atoms with E-state index in [2.05, 4.69) is 22.8 Å². The first-order valence-electron chi connectivity index (χ1n) is 12.5. The predicted molar refractivity (Wildman–Crippen MR) is 139 cm³/mol. The maximum atomic E-state index is 13.1. The molecule has 2 aliphatic heterocycles. The van der Waals surface area contributed by atoms with E-state index in [-0.39, 0.29) is 6.04 Å². The fourth-order valence-corrected chi connectivity index (χ4v) is 7.93. The summed E-state index contributed by atoms with van der Waals surface area (Å²) in [6, 6.07) is 16.0. The molecular formula is C28H33N4O3S+. The maximum absolute atomic E-state index is 13.1. The van der Waals surface area contributed by atoms with Crippen molar-refractivity contribution >= 4 is 20.9 Å². The number of hydrogen-bond donors (Lipinski definition) is 1. The number of sulfonamides is 1. The molecule has 0 radical (unpaired) electrons. The number of rotatable bonds is 7. The van der Waals surface area contributed by atoms with Gasteiger partial charge in [0.05, 0.1) is 48.8 Å². The smallest absolute Gasteiger partial charge is 0.241 e. The fourth-order valence-electron chi connectivity index (χ4n) is 6.42. The van der Waals surface area contributed by atoms with Gasteiger partial charge in [-0.25, -0.2) is 13.1 Å². The Hall–Kier alpha value is -2.99. The van der Waals surface area contributed by atoms with E-state index in [1.807, 2.05) is 37.3 Å². The Bertz CT molecular complexity index is 1430. The SMILES string of the molecule is COc1ccc2ncc(C#N)c(CC[N+]3(C)C4CCC3CC(NS(=O)(=O)c3ccccc3C)C4)c2c1. The van der Waals surface area contributed by atoms with Crippen LogP contribution in [0.3, 0.4) is 0 Å². The van der Waals surface area contributed by atoms with E-state index in [1.165, 1.54) is 0 Å². The highest BCUT2D eigenvalue weighted by molar-refractivity contribution is 7.89. The summed E-state index contributed by atoms with van der Waals surface area (Å²) in [7, 11) is 0.399. The standard InChI is InChI=1S/C28H33N4O3S/c1-19-6-4-5-7-28(19)36(33,34)31-21-14-22-8-9-23(15-21)32(22,2)13-12-25-20(17-29)18-30-27-11-10-24(35-3)16-26(25)27/h4-7,10-11,16,18,21-23,31H,8-9,12-15H2,1-3H3/q+1. The molecule has 0 amide bonds. The number of fused-ring (bicyclic) bond motifs is 3. The van der Waals surface area contributed by atoms with Crippen molar-refractivity contribution in [3.8, 4) is 11.8 Å². The fraction of sp³-hybridized carbons (Fsp3) is 0.429. The molecule has 3 aromatic rings. The Balaban J connectivity index is 1.35. The summed E-state index contributed by atoms with van der Waals surface area (Å²) in [6.07, 6.45) is 6.28. The highest BCUT2D eigenvalue weighted by Gasteiger charge is 2.51. The van der Waals surface area contributed by atoms with Gasteiger partial charge in [-0.3, -0.25) is 4.98 Å². The molecule has 0 aliphatic carbocycles. The van der Waals surface area contributed by atoms with Gasteiger partial charge in [-0.1, -0.05) is 18.2 Å². The number of methoxy groups -OCH3 is 1. The Morgan fingerprint density at radius 3 is 2.56 bits per heavy atom. The third-order valence-electron chi connectivity index (χ3n) is 8.47. The van der Waals surface area contributed by atoms with Gasteiger partial charge < -0.3 is 9.22 Å². The number of ether oxygens (including phenoxy) is 1. The molecular weight excluding hydrogens is 472 g/mol. The number of aryl methyl sites for hydroxylation is 1. The molecule has 2 aromatic carbocycles. The molecule has 0 saturated carbocycles. The van der Waals surface area contributed by atoms with Crippen LogP contribution in [0.1, 0.15) is 42.4 Å². The van der Waals surface area contributed by atoms with E-state index in [0.717, 1.165) is 70.9 Å². The van der Waals surface area contributed by atoms with Gasteiger partial charge in [0.15, 0.2) is 0 Å². The largest absolute Gasteiger partial charge is 0.497 e. The summed E-state index contributed by atoms with van der Waals surface area (Å²) in [6.45, 7) is 2.73. The molecule has 2 fully saturated rings. The Morgan fingerprint density at radius 1 is 1.17 bits per heavy atom. The Morgan fingerprint density at radius 2 is 1.89 bits per heavy atom. The van der Waals surface area contributed by atoms with Crippen LogP contribution in [0.2, 0.25) is 0 Å². The second-order valence-corrected chi connectivity index (χ2v) is 12.1. The van der Waals surface area contributed by atoms with Crippen molar-refractivity contribution in [2.24, 2.45) is 0 Å². The average molecular weight is 506 g/mol.